The van der Waals surface area contributed by atoms with Gasteiger partial charge in [-0.15, -0.1) is 22.8 Å². The zero-order chi connectivity index (χ0) is 67.0. The molecule has 0 amide bonds. The first-order valence-electron chi connectivity index (χ1n) is 33.9. The molecule has 99 heavy (non-hydrogen) atoms. The summed E-state index contributed by atoms with van der Waals surface area (Å²) < 4.78 is 11.4. The van der Waals surface area contributed by atoms with Crippen molar-refractivity contribution in [2.24, 2.45) is 57.3 Å². The summed E-state index contributed by atoms with van der Waals surface area (Å²) in [5.41, 5.74) is 13.2. The third kappa shape index (κ3) is 14.0. The standard InChI is InChI=1S/C86H74N6O6.Pd/c1-53-81(83(93)63-29-25-59(26-30-63)15-13-57-17-21-61(22-18-57)51-97-85(95)65-37-41-71(42-38-65)91-47-73-67-33-34-68(45-67)74(73)48-91)54(2)88-79-11-7-8-12-80(79)90-56(4)82(55(3)89-78-10-6-5-9-77(78)87-53)84(94)64-31-27-60(28-32-64)16-14-58-19-23-62(24-20-58)52-98-86(96)66-39-43-72(44-40-66)92-49-75-69-35-36-70(46-69)76(75)50-92;/h5-12,17-44,67-70,73-76H,45-52H2,1-4H3,(H2,87,88,89,90,93,94);/q;+2/p-2/t67-,68+,69-,70+,73-,74+,75-,76+;. The molecule has 0 aromatic heterocycles. The molecule has 8 aromatic rings. The minimum Gasteiger partial charge on any atom is -0.659 e. The smallest absolute Gasteiger partial charge is 0.659 e. The Morgan fingerprint density at radius 3 is 1.04 bits per heavy atom. The van der Waals surface area contributed by atoms with Gasteiger partial charge in [0.25, 0.3) is 0 Å². The summed E-state index contributed by atoms with van der Waals surface area (Å²) in [6.45, 7) is 11.7. The van der Waals surface area contributed by atoms with Gasteiger partial charge in [0.15, 0.2) is 11.6 Å². The van der Waals surface area contributed by atoms with Crippen molar-refractivity contribution in [3.63, 3.8) is 0 Å². The van der Waals surface area contributed by atoms with Crippen molar-refractivity contribution in [1.82, 2.24) is 0 Å². The normalized spacial score (nSPS) is 22.8. The Hall–Kier alpha value is -10.7. The molecule has 492 valence electrons. The van der Waals surface area contributed by atoms with Crippen LogP contribution in [-0.4, -0.2) is 61.1 Å². The van der Waals surface area contributed by atoms with E-state index in [9.17, 15) is 19.2 Å². The number of carbonyl (C=O) groups excluding carboxylic acids is 4. The molecule has 0 N–H and O–H groups in total. The Bertz CT molecular complexity index is 4470. The van der Waals surface area contributed by atoms with Crippen LogP contribution in [0.2, 0.25) is 0 Å². The summed E-state index contributed by atoms with van der Waals surface area (Å²) in [6, 6.07) is 59.9. The van der Waals surface area contributed by atoms with Crippen molar-refractivity contribution >= 4 is 69.1 Å². The van der Waals surface area contributed by atoms with Crippen molar-refractivity contribution in [1.29, 1.82) is 0 Å². The van der Waals surface area contributed by atoms with Gasteiger partial charge in [-0.05, 0) is 219 Å². The molecular weight excluding hydrogens is 1320 g/mol. The maximum absolute atomic E-state index is 14.8. The van der Waals surface area contributed by atoms with Crippen LogP contribution in [0.3, 0.4) is 0 Å². The van der Waals surface area contributed by atoms with Crippen LogP contribution < -0.4 is 9.80 Å². The van der Waals surface area contributed by atoms with E-state index in [2.05, 4.69) is 57.8 Å². The predicted molar refractivity (Wildman–Crippen MR) is 387 cm³/mol. The number of para-hydroxylation sites is 4. The van der Waals surface area contributed by atoms with E-state index in [1.54, 1.807) is 52.0 Å². The Morgan fingerprint density at radius 1 is 0.404 bits per heavy atom. The SMILES string of the molecule is CC1=Nc2ccccc2[N-]/C(C)=C(/C(=O)c2ccc(C#Cc3ccc(COC(=O)c4ccc(N5C[C@@H]6[C@H](C5)[C@@H]5C=C[C@H]6C5)cc4)cc3)cc2)C(C)=Nc2ccccc2[N-]/C(C)=C\1C(=O)c1ccc(C#Cc2ccc(COC(=O)c3ccc(N4C[C@@H]5[C@H](C4)[C@@H]4C=C[C@H]5C4)cc3)cc2)cc1.[Pd+2]. The minimum atomic E-state index is -0.360. The number of nitrogens with zero attached hydrogens (tertiary/aromatic N) is 6. The van der Waals surface area contributed by atoms with Gasteiger partial charge in [-0.25, -0.2) is 9.59 Å². The molecule has 8 atom stereocenters. The molecule has 2 saturated carbocycles. The van der Waals surface area contributed by atoms with E-state index in [0.29, 0.717) is 90.1 Å². The number of allylic oxidation sites excluding steroid dienone is 8. The quantitative estimate of drug-likeness (QED) is 0.0386. The third-order valence-electron chi connectivity index (χ3n) is 20.7. The topological polar surface area (TPSA) is 146 Å². The number of ketones is 2. The largest absolute Gasteiger partial charge is 2.00 e. The van der Waals surface area contributed by atoms with Gasteiger partial charge < -0.3 is 29.9 Å². The molecule has 15 rings (SSSR count). The average molecular weight is 1390 g/mol. The molecule has 8 aromatic carbocycles. The number of benzene rings is 8. The van der Waals surface area contributed by atoms with Crippen molar-refractivity contribution in [3.8, 4) is 23.7 Å². The molecule has 0 spiro atoms. The molecule has 2 saturated heterocycles. The Balaban J connectivity index is 0.00000836. The molecule has 0 radical (unpaired) electrons. The van der Waals surface area contributed by atoms with E-state index in [1.807, 2.05) is 170 Å². The number of ether oxygens (including phenoxy) is 2. The van der Waals surface area contributed by atoms with E-state index in [-0.39, 0.29) is 57.1 Å². The van der Waals surface area contributed by atoms with Crippen LogP contribution in [0.15, 0.2) is 251 Å². The number of aliphatic imine (C=N–C) groups is 2. The van der Waals surface area contributed by atoms with Crippen LogP contribution >= 0.6 is 0 Å². The zero-order valence-corrected chi connectivity index (χ0v) is 57.1. The van der Waals surface area contributed by atoms with Gasteiger partial charge in [0.05, 0.1) is 11.1 Å². The van der Waals surface area contributed by atoms with E-state index in [4.69, 9.17) is 30.1 Å². The first kappa shape index (κ1) is 65.6. The minimum absolute atomic E-state index is 0. The van der Waals surface area contributed by atoms with Gasteiger partial charge in [-0.2, -0.15) is 0 Å². The average Bonchev–Trinajstić information content (AvgIpc) is 1.63. The molecule has 3 heterocycles. The van der Waals surface area contributed by atoms with Crippen molar-refractivity contribution in [2.75, 3.05) is 36.0 Å². The molecule has 13 heteroatoms. The molecule has 4 bridgehead atoms. The van der Waals surface area contributed by atoms with Crippen LogP contribution in [0.4, 0.5) is 34.1 Å². The summed E-state index contributed by atoms with van der Waals surface area (Å²) in [5.74, 6) is 17.5. The Kier molecular flexibility index (Phi) is 18.8. The fourth-order valence-corrected chi connectivity index (χ4v) is 15.6. The molecule has 0 unspecified atom stereocenters. The number of anilines is 2. The second-order valence-corrected chi connectivity index (χ2v) is 26.8. The first-order chi connectivity index (χ1) is 47.8. The van der Waals surface area contributed by atoms with Gasteiger partial charge in [0.1, 0.15) is 13.2 Å². The van der Waals surface area contributed by atoms with Gasteiger partial charge in [-0.3, -0.25) is 19.6 Å². The second kappa shape index (κ2) is 28.4. The number of fused-ring (bicyclic) bond motifs is 12. The van der Waals surface area contributed by atoms with E-state index >= 15 is 0 Å². The van der Waals surface area contributed by atoms with Crippen LogP contribution in [0.25, 0.3) is 10.6 Å². The fraction of sp³-hybridized carbons (Fsp3) is 0.233. The molecule has 4 fully saturated rings. The third-order valence-corrected chi connectivity index (χ3v) is 20.7. The summed E-state index contributed by atoms with van der Waals surface area (Å²) in [7, 11) is 0. The number of Topliss-reactive ketones (excluding diaryl/α,β-unsaturated/α-hetero) is 2. The van der Waals surface area contributed by atoms with Crippen LogP contribution in [0, 0.1) is 71.0 Å². The van der Waals surface area contributed by atoms with Crippen LogP contribution in [0.1, 0.15) is 115 Å². The maximum atomic E-state index is 14.8. The predicted octanol–water partition coefficient (Wildman–Crippen LogP) is 17.9. The van der Waals surface area contributed by atoms with E-state index in [1.165, 1.54) is 12.8 Å². The first-order valence-corrected chi connectivity index (χ1v) is 33.9. The number of carbonyl (C=O) groups is 4. The monoisotopic (exact) mass is 1390 g/mol. The van der Waals surface area contributed by atoms with Gasteiger partial charge in [0.2, 0.25) is 0 Å². The fourth-order valence-electron chi connectivity index (χ4n) is 15.6. The molecule has 7 aliphatic rings. The van der Waals surface area contributed by atoms with E-state index < -0.39 is 0 Å². The van der Waals surface area contributed by atoms with Gasteiger partial charge in [0, 0.05) is 105 Å². The summed E-state index contributed by atoms with van der Waals surface area (Å²) >= 11 is 0. The number of esters is 2. The molecule has 3 aliphatic heterocycles. The summed E-state index contributed by atoms with van der Waals surface area (Å²) in [4.78, 5) is 70.8. The summed E-state index contributed by atoms with van der Waals surface area (Å²) in [6.07, 6.45) is 12.3. The number of hydrogen-bond donors (Lipinski definition) is 0. The summed E-state index contributed by atoms with van der Waals surface area (Å²) in [5, 5.41) is 10.1. The van der Waals surface area contributed by atoms with Gasteiger partial charge >= 0.3 is 32.4 Å². The molecular formula is C86H72N6O6Pd. The van der Waals surface area contributed by atoms with Crippen molar-refractivity contribution in [3.05, 3.63) is 307 Å². The van der Waals surface area contributed by atoms with Crippen LogP contribution in [0.5, 0.6) is 0 Å². The molecule has 4 aliphatic carbocycles. The number of hydrogen-bond acceptors (Lipinski definition) is 10. The second-order valence-electron chi connectivity index (χ2n) is 26.8. The Labute approximate surface area is 592 Å². The van der Waals surface area contributed by atoms with Crippen molar-refractivity contribution < 1.29 is 49.1 Å². The number of rotatable bonds is 12. The Morgan fingerprint density at radius 2 is 0.707 bits per heavy atom. The van der Waals surface area contributed by atoms with Crippen molar-refractivity contribution in [2.45, 2.75) is 53.8 Å². The van der Waals surface area contributed by atoms with Crippen LogP contribution in [-0.2, 0) is 43.1 Å². The van der Waals surface area contributed by atoms with Gasteiger partial charge in [-0.1, -0.05) is 122 Å². The maximum Gasteiger partial charge on any atom is 2.00 e. The van der Waals surface area contributed by atoms with E-state index in [0.717, 1.165) is 107 Å². The molecule has 12 nitrogen and oxygen atoms in total. The zero-order valence-electron chi connectivity index (χ0n) is 55.5.